The predicted molar refractivity (Wildman–Crippen MR) is 162 cm³/mol. The fraction of sp³-hybridized carbons (Fsp3) is 0.455. The van der Waals surface area contributed by atoms with Crippen LogP contribution in [-0.2, 0) is 9.59 Å². The van der Waals surface area contributed by atoms with E-state index < -0.39 is 17.7 Å². The van der Waals surface area contributed by atoms with Crippen LogP contribution in [0.25, 0.3) is 5.76 Å². The van der Waals surface area contributed by atoms with E-state index in [0.29, 0.717) is 66.2 Å². The van der Waals surface area contributed by atoms with Gasteiger partial charge in [0, 0.05) is 18.7 Å². The smallest absolute Gasteiger partial charge is 0.295 e. The van der Waals surface area contributed by atoms with Gasteiger partial charge in [-0.15, -0.1) is 0 Å². The highest BCUT2D eigenvalue weighted by Gasteiger charge is 2.46. The molecule has 0 spiro atoms. The fourth-order valence-electron chi connectivity index (χ4n) is 4.92. The number of rotatable bonds is 15. The number of ketones is 1. The maximum atomic E-state index is 13.5. The molecule has 41 heavy (non-hydrogen) atoms. The number of likely N-dealkylation sites (tertiary alicyclic amines) is 1. The van der Waals surface area contributed by atoms with Crippen molar-refractivity contribution < 1.29 is 28.9 Å². The van der Waals surface area contributed by atoms with Crippen molar-refractivity contribution in [1.29, 1.82) is 0 Å². The van der Waals surface area contributed by atoms with Gasteiger partial charge in [-0.3, -0.25) is 9.59 Å². The Kier molecular flexibility index (Phi) is 11.4. The molecule has 1 saturated heterocycles. The molecule has 1 aliphatic heterocycles. The summed E-state index contributed by atoms with van der Waals surface area (Å²) in [7, 11) is 1.56. The SMILES string of the molecule is C=CCOc1ccc(/C(O)=C2\C(=O)C(=O)N(CCN(CC)CC)C2c2ccc(OCCC(C)C)c(OC)c2)c(C)c1. The number of aliphatic hydroxyl groups excluding tert-OH is 1. The number of aryl methyl sites for hydroxylation is 1. The zero-order valence-corrected chi connectivity index (χ0v) is 25.2. The van der Waals surface area contributed by atoms with Gasteiger partial charge in [-0.1, -0.05) is 46.4 Å². The van der Waals surface area contributed by atoms with Gasteiger partial charge >= 0.3 is 0 Å². The van der Waals surface area contributed by atoms with Crippen molar-refractivity contribution in [2.24, 2.45) is 5.92 Å². The Labute approximate surface area is 244 Å². The Bertz CT molecular complexity index is 1260. The maximum absolute atomic E-state index is 13.5. The molecule has 1 amide bonds. The van der Waals surface area contributed by atoms with E-state index in [9.17, 15) is 14.7 Å². The molecule has 0 aliphatic carbocycles. The van der Waals surface area contributed by atoms with Crippen molar-refractivity contribution in [3.8, 4) is 17.2 Å². The van der Waals surface area contributed by atoms with Crippen LogP contribution in [-0.4, -0.2) is 73.1 Å². The van der Waals surface area contributed by atoms with Crippen LogP contribution in [0.5, 0.6) is 17.2 Å². The number of likely N-dealkylation sites (N-methyl/N-ethyl adjacent to an activating group) is 1. The van der Waals surface area contributed by atoms with E-state index in [0.717, 1.165) is 19.5 Å². The number of hydrogen-bond donors (Lipinski definition) is 1. The third-order valence-electron chi connectivity index (χ3n) is 7.37. The van der Waals surface area contributed by atoms with Crippen molar-refractivity contribution in [3.05, 3.63) is 71.3 Å². The van der Waals surface area contributed by atoms with Crippen LogP contribution in [0.3, 0.4) is 0 Å². The second-order valence-electron chi connectivity index (χ2n) is 10.5. The first kappa shape index (κ1) is 31.7. The van der Waals surface area contributed by atoms with Crippen LogP contribution in [0, 0.1) is 12.8 Å². The molecule has 222 valence electrons. The highest BCUT2D eigenvalue weighted by Crippen LogP contribution is 2.42. The van der Waals surface area contributed by atoms with E-state index in [1.165, 1.54) is 0 Å². The minimum atomic E-state index is -0.791. The van der Waals surface area contributed by atoms with Crippen molar-refractivity contribution in [2.75, 3.05) is 46.5 Å². The summed E-state index contributed by atoms with van der Waals surface area (Å²) in [5.41, 5.74) is 1.88. The molecule has 0 saturated carbocycles. The van der Waals surface area contributed by atoms with Crippen LogP contribution in [0.4, 0.5) is 0 Å². The quantitative estimate of drug-likeness (QED) is 0.127. The maximum Gasteiger partial charge on any atom is 0.295 e. The lowest BCUT2D eigenvalue weighted by Gasteiger charge is -2.28. The summed E-state index contributed by atoms with van der Waals surface area (Å²) in [5.74, 6) is 0.633. The number of methoxy groups -OCH3 is 1. The molecule has 8 heteroatoms. The first-order chi connectivity index (χ1) is 19.7. The average Bonchev–Trinajstić information content (AvgIpc) is 3.21. The summed E-state index contributed by atoms with van der Waals surface area (Å²) in [6.07, 6.45) is 2.55. The number of carbonyl (C=O) groups is 2. The Hall–Kier alpha value is -3.78. The molecule has 2 aromatic carbocycles. The van der Waals surface area contributed by atoms with E-state index in [1.807, 2.05) is 13.0 Å². The topological polar surface area (TPSA) is 88.5 Å². The summed E-state index contributed by atoms with van der Waals surface area (Å²) in [5, 5.41) is 11.6. The van der Waals surface area contributed by atoms with Crippen molar-refractivity contribution in [1.82, 2.24) is 9.80 Å². The highest BCUT2D eigenvalue weighted by atomic mass is 16.5. The predicted octanol–water partition coefficient (Wildman–Crippen LogP) is 5.76. The molecule has 1 heterocycles. The summed E-state index contributed by atoms with van der Waals surface area (Å²) >= 11 is 0. The number of carbonyl (C=O) groups excluding carboxylic acids is 2. The molecule has 8 nitrogen and oxygen atoms in total. The van der Waals surface area contributed by atoms with Crippen LogP contribution in [0.15, 0.2) is 54.6 Å². The van der Waals surface area contributed by atoms with Gasteiger partial charge in [-0.25, -0.2) is 0 Å². The van der Waals surface area contributed by atoms with E-state index in [-0.39, 0.29) is 11.3 Å². The lowest BCUT2D eigenvalue weighted by Crippen LogP contribution is -2.38. The summed E-state index contributed by atoms with van der Waals surface area (Å²) < 4.78 is 17.2. The van der Waals surface area contributed by atoms with Crippen LogP contribution >= 0.6 is 0 Å². The summed E-state index contributed by atoms with van der Waals surface area (Å²) in [6, 6.07) is 9.85. The van der Waals surface area contributed by atoms with E-state index in [4.69, 9.17) is 14.2 Å². The second-order valence-corrected chi connectivity index (χ2v) is 10.5. The Morgan fingerprint density at radius 1 is 1.10 bits per heavy atom. The first-order valence-corrected chi connectivity index (χ1v) is 14.3. The molecule has 1 unspecified atom stereocenters. The molecule has 1 atom stereocenters. The highest BCUT2D eigenvalue weighted by molar-refractivity contribution is 6.46. The second kappa shape index (κ2) is 14.7. The van der Waals surface area contributed by atoms with Gasteiger partial charge in [0.1, 0.15) is 18.1 Å². The third-order valence-corrected chi connectivity index (χ3v) is 7.37. The Morgan fingerprint density at radius 3 is 2.44 bits per heavy atom. The molecule has 0 aromatic heterocycles. The van der Waals surface area contributed by atoms with Gasteiger partial charge in [0.2, 0.25) is 0 Å². The monoisotopic (exact) mass is 564 g/mol. The number of Topliss-reactive ketones (excluding diaryl/α,β-unsaturated/α-hetero) is 1. The molecule has 1 fully saturated rings. The number of hydrogen-bond acceptors (Lipinski definition) is 7. The number of amides is 1. The lowest BCUT2D eigenvalue weighted by atomic mass is 9.93. The molecule has 0 bridgehead atoms. The third kappa shape index (κ3) is 7.50. The van der Waals surface area contributed by atoms with Gasteiger partial charge in [0.25, 0.3) is 11.7 Å². The molecular weight excluding hydrogens is 520 g/mol. The molecule has 2 aromatic rings. The average molecular weight is 565 g/mol. The van der Waals surface area contributed by atoms with Crippen LogP contribution in [0.2, 0.25) is 0 Å². The number of aliphatic hydroxyl groups is 1. The minimum Gasteiger partial charge on any atom is -0.507 e. The Balaban J connectivity index is 2.10. The molecule has 3 rings (SSSR count). The zero-order chi connectivity index (χ0) is 30.1. The Morgan fingerprint density at radius 2 is 1.83 bits per heavy atom. The van der Waals surface area contributed by atoms with Gasteiger partial charge in [-0.2, -0.15) is 0 Å². The normalized spacial score (nSPS) is 16.5. The molecular formula is C33H44N2O6. The zero-order valence-electron chi connectivity index (χ0n) is 25.2. The van der Waals surface area contributed by atoms with Gasteiger partial charge in [0.15, 0.2) is 11.5 Å². The van der Waals surface area contributed by atoms with E-state index >= 15 is 0 Å². The first-order valence-electron chi connectivity index (χ1n) is 14.3. The molecule has 0 radical (unpaired) electrons. The standard InChI is InChI=1S/C33H44N2O6/c1-8-18-40-25-12-13-26(23(6)20-25)31(36)29-30(35(33(38)32(29)37)17-16-34(9-2)10-3)24-11-14-27(28(21-24)39-7)41-19-15-22(4)5/h8,11-14,20-22,30,36H,1,9-10,15-19H2,2-7H3/b31-29+. The summed E-state index contributed by atoms with van der Waals surface area (Å²) in [4.78, 5) is 30.7. The number of benzene rings is 2. The van der Waals surface area contributed by atoms with Crippen molar-refractivity contribution in [2.45, 2.75) is 47.1 Å². The number of ether oxygens (including phenoxy) is 3. The molecule has 1 N–H and O–H groups in total. The van der Waals surface area contributed by atoms with E-state index in [1.54, 1.807) is 48.4 Å². The van der Waals surface area contributed by atoms with Gasteiger partial charge in [-0.05, 0) is 73.8 Å². The van der Waals surface area contributed by atoms with Crippen molar-refractivity contribution >= 4 is 17.4 Å². The number of nitrogens with zero attached hydrogens (tertiary/aromatic N) is 2. The van der Waals surface area contributed by atoms with Gasteiger partial charge in [0.05, 0.1) is 25.3 Å². The van der Waals surface area contributed by atoms with Gasteiger partial charge < -0.3 is 29.1 Å². The minimum absolute atomic E-state index is 0.0490. The van der Waals surface area contributed by atoms with Crippen LogP contribution < -0.4 is 14.2 Å². The molecule has 1 aliphatic rings. The van der Waals surface area contributed by atoms with Crippen LogP contribution in [0.1, 0.15) is 56.8 Å². The lowest BCUT2D eigenvalue weighted by molar-refractivity contribution is -0.140. The summed E-state index contributed by atoms with van der Waals surface area (Å²) in [6.45, 7) is 17.3. The van der Waals surface area contributed by atoms with E-state index in [2.05, 4.69) is 39.2 Å². The fourth-order valence-corrected chi connectivity index (χ4v) is 4.92. The largest absolute Gasteiger partial charge is 0.507 e. The van der Waals surface area contributed by atoms with Crippen molar-refractivity contribution in [3.63, 3.8) is 0 Å².